The lowest BCUT2D eigenvalue weighted by atomic mass is 9.99. The highest BCUT2D eigenvalue weighted by Gasteiger charge is 2.30. The highest BCUT2D eigenvalue weighted by Crippen LogP contribution is 2.19. The Morgan fingerprint density at radius 2 is 1.35 bits per heavy atom. The summed E-state index contributed by atoms with van der Waals surface area (Å²) in [5, 5.41) is 3.08. The molecule has 0 bridgehead atoms. The fourth-order valence-electron chi connectivity index (χ4n) is 4.02. The Morgan fingerprint density at radius 3 is 1.94 bits per heavy atom. The minimum atomic E-state index is -0.600. The molecule has 0 aliphatic rings. The smallest absolute Gasteiger partial charge is 0.243 e. The van der Waals surface area contributed by atoms with Crippen LogP contribution in [-0.4, -0.2) is 29.3 Å². The van der Waals surface area contributed by atoms with E-state index in [1.165, 1.54) is 0 Å². The van der Waals surface area contributed by atoms with Crippen LogP contribution in [-0.2, 0) is 29.0 Å². The van der Waals surface area contributed by atoms with Gasteiger partial charge in [0.2, 0.25) is 11.8 Å². The third-order valence-corrected chi connectivity index (χ3v) is 6.16. The fourth-order valence-corrected chi connectivity index (χ4v) is 4.02. The molecule has 0 fully saturated rings. The molecule has 0 aliphatic carbocycles. The van der Waals surface area contributed by atoms with Crippen LogP contribution >= 0.6 is 0 Å². The summed E-state index contributed by atoms with van der Waals surface area (Å²) in [5.74, 6) is 0.177. The minimum absolute atomic E-state index is 0.0434. The van der Waals surface area contributed by atoms with Gasteiger partial charge in [0.25, 0.3) is 0 Å². The normalized spacial score (nSPS) is 11.8. The molecular weight excluding hydrogens is 420 g/mol. The number of carbonyl (C=O) groups is 2. The van der Waals surface area contributed by atoms with Crippen molar-refractivity contribution in [2.24, 2.45) is 5.92 Å². The third kappa shape index (κ3) is 7.05. The molecule has 4 heteroatoms. The Labute approximate surface area is 204 Å². The van der Waals surface area contributed by atoms with E-state index < -0.39 is 6.04 Å². The number of rotatable bonds is 10. The number of benzene rings is 3. The lowest BCUT2D eigenvalue weighted by Crippen LogP contribution is -2.51. The van der Waals surface area contributed by atoms with E-state index in [1.54, 1.807) is 4.90 Å². The van der Waals surface area contributed by atoms with Crippen molar-refractivity contribution in [3.63, 3.8) is 0 Å². The van der Waals surface area contributed by atoms with E-state index in [0.717, 1.165) is 27.8 Å². The minimum Gasteiger partial charge on any atom is -0.354 e. The van der Waals surface area contributed by atoms with Gasteiger partial charge in [0, 0.05) is 19.5 Å². The number of nitrogens with one attached hydrogen (secondary N) is 1. The maximum absolute atomic E-state index is 13.8. The van der Waals surface area contributed by atoms with Gasteiger partial charge < -0.3 is 10.2 Å². The van der Waals surface area contributed by atoms with Crippen LogP contribution in [0, 0.1) is 19.8 Å². The summed E-state index contributed by atoms with van der Waals surface area (Å²) in [6.45, 7) is 9.18. The van der Waals surface area contributed by atoms with Crippen molar-refractivity contribution in [2.45, 2.75) is 53.1 Å². The molecule has 2 amide bonds. The van der Waals surface area contributed by atoms with Gasteiger partial charge in [0.1, 0.15) is 6.04 Å². The lowest BCUT2D eigenvalue weighted by Gasteiger charge is -2.32. The highest BCUT2D eigenvalue weighted by atomic mass is 16.2. The van der Waals surface area contributed by atoms with Crippen molar-refractivity contribution < 1.29 is 9.59 Å². The molecule has 34 heavy (non-hydrogen) atoms. The van der Waals surface area contributed by atoms with E-state index in [1.807, 2.05) is 92.7 Å². The molecule has 1 N–H and O–H groups in total. The zero-order chi connectivity index (χ0) is 24.5. The molecule has 0 saturated carbocycles. The molecule has 178 valence electrons. The average Bonchev–Trinajstić information content (AvgIpc) is 2.83. The number of amides is 2. The molecule has 0 aliphatic heterocycles. The Balaban J connectivity index is 1.98. The maximum Gasteiger partial charge on any atom is 0.243 e. The van der Waals surface area contributed by atoms with E-state index in [0.29, 0.717) is 25.4 Å². The molecule has 1 atom stereocenters. The van der Waals surface area contributed by atoms with Crippen LogP contribution in [0.5, 0.6) is 0 Å². The van der Waals surface area contributed by atoms with E-state index in [9.17, 15) is 9.59 Å². The second kappa shape index (κ2) is 12.2. The molecular formula is C30H36N2O2. The van der Waals surface area contributed by atoms with Gasteiger partial charge >= 0.3 is 0 Å². The van der Waals surface area contributed by atoms with Crippen LogP contribution in [0.4, 0.5) is 0 Å². The molecule has 0 unspecified atom stereocenters. The van der Waals surface area contributed by atoms with E-state index in [-0.39, 0.29) is 18.2 Å². The molecule has 3 rings (SSSR count). The van der Waals surface area contributed by atoms with Crippen LogP contribution < -0.4 is 5.32 Å². The van der Waals surface area contributed by atoms with Crippen molar-refractivity contribution in [3.05, 3.63) is 107 Å². The van der Waals surface area contributed by atoms with Gasteiger partial charge in [-0.15, -0.1) is 0 Å². The lowest BCUT2D eigenvalue weighted by molar-refractivity contribution is -0.140. The Bertz CT molecular complexity index is 1090. The molecule has 0 aromatic heterocycles. The molecule has 0 saturated heterocycles. The summed E-state index contributed by atoms with van der Waals surface area (Å²) in [7, 11) is 0. The van der Waals surface area contributed by atoms with E-state index in [4.69, 9.17) is 0 Å². The van der Waals surface area contributed by atoms with E-state index in [2.05, 4.69) is 19.2 Å². The van der Waals surface area contributed by atoms with Gasteiger partial charge in [-0.1, -0.05) is 92.7 Å². The number of carbonyl (C=O) groups excluding carboxylic acids is 2. The van der Waals surface area contributed by atoms with Crippen molar-refractivity contribution >= 4 is 11.8 Å². The first-order chi connectivity index (χ1) is 16.3. The standard InChI is InChI=1S/C30H36N2O2/c1-22(2)20-31-30(34)28(18-25-14-6-5-7-15-25)32(21-27-17-11-9-13-24(27)4)29(33)19-26-16-10-8-12-23(26)3/h5-17,22,28H,18-21H2,1-4H3,(H,31,34)/t28-/m0/s1. The van der Waals surface area contributed by atoms with Gasteiger partial charge in [-0.3, -0.25) is 9.59 Å². The van der Waals surface area contributed by atoms with Crippen LogP contribution in [0.25, 0.3) is 0 Å². The second-order valence-corrected chi connectivity index (χ2v) is 9.40. The van der Waals surface area contributed by atoms with Gasteiger partial charge in [0.05, 0.1) is 6.42 Å². The summed E-state index contributed by atoms with van der Waals surface area (Å²) >= 11 is 0. The predicted molar refractivity (Wildman–Crippen MR) is 138 cm³/mol. The number of hydrogen-bond donors (Lipinski definition) is 1. The first-order valence-corrected chi connectivity index (χ1v) is 12.0. The number of hydrogen-bond acceptors (Lipinski definition) is 2. The van der Waals surface area contributed by atoms with Crippen LogP contribution in [0.1, 0.15) is 41.7 Å². The first kappa shape index (κ1) is 25.2. The molecule has 3 aromatic rings. The van der Waals surface area contributed by atoms with Crippen molar-refractivity contribution in [1.29, 1.82) is 0 Å². The summed E-state index contributed by atoms with van der Waals surface area (Å²) in [6, 6.07) is 25.3. The topological polar surface area (TPSA) is 49.4 Å². The van der Waals surface area contributed by atoms with Crippen LogP contribution in [0.2, 0.25) is 0 Å². The molecule has 0 spiro atoms. The SMILES string of the molecule is Cc1ccccc1CC(=O)N(Cc1ccccc1C)[C@@H](Cc1ccccc1)C(=O)NCC(C)C. The molecule has 0 heterocycles. The number of nitrogens with zero attached hydrogens (tertiary/aromatic N) is 1. The fraction of sp³-hybridized carbons (Fsp3) is 0.333. The summed E-state index contributed by atoms with van der Waals surface area (Å²) in [4.78, 5) is 29.1. The largest absolute Gasteiger partial charge is 0.354 e. The van der Waals surface area contributed by atoms with Gasteiger partial charge in [0.15, 0.2) is 0 Å². The molecule has 0 radical (unpaired) electrons. The maximum atomic E-state index is 13.8. The molecule has 4 nitrogen and oxygen atoms in total. The van der Waals surface area contributed by atoms with Gasteiger partial charge in [-0.25, -0.2) is 0 Å². The van der Waals surface area contributed by atoms with Crippen molar-refractivity contribution in [3.8, 4) is 0 Å². The Hall–Kier alpha value is -3.40. The zero-order valence-electron chi connectivity index (χ0n) is 20.8. The Kier molecular flexibility index (Phi) is 9.03. The van der Waals surface area contributed by atoms with Crippen LogP contribution in [0.15, 0.2) is 78.9 Å². The van der Waals surface area contributed by atoms with Crippen LogP contribution in [0.3, 0.4) is 0 Å². The zero-order valence-corrected chi connectivity index (χ0v) is 20.8. The summed E-state index contributed by atoms with van der Waals surface area (Å²) in [5.41, 5.74) is 5.26. The first-order valence-electron chi connectivity index (χ1n) is 12.0. The van der Waals surface area contributed by atoms with Crippen molar-refractivity contribution in [2.75, 3.05) is 6.54 Å². The summed E-state index contributed by atoms with van der Waals surface area (Å²) in [6.07, 6.45) is 0.734. The highest BCUT2D eigenvalue weighted by molar-refractivity contribution is 5.89. The predicted octanol–water partition coefficient (Wildman–Crippen LogP) is 5.26. The summed E-state index contributed by atoms with van der Waals surface area (Å²) < 4.78 is 0. The van der Waals surface area contributed by atoms with E-state index >= 15 is 0 Å². The van der Waals surface area contributed by atoms with Crippen molar-refractivity contribution in [1.82, 2.24) is 10.2 Å². The third-order valence-electron chi connectivity index (χ3n) is 6.16. The van der Waals surface area contributed by atoms with Gasteiger partial charge in [-0.2, -0.15) is 0 Å². The Morgan fingerprint density at radius 1 is 0.794 bits per heavy atom. The average molecular weight is 457 g/mol. The van der Waals surface area contributed by atoms with Gasteiger partial charge in [-0.05, 0) is 47.6 Å². The monoisotopic (exact) mass is 456 g/mol. The quantitative estimate of drug-likeness (QED) is 0.452. The second-order valence-electron chi connectivity index (χ2n) is 9.40. The molecule has 3 aromatic carbocycles. The number of aryl methyl sites for hydroxylation is 2.